The van der Waals surface area contributed by atoms with Crippen LogP contribution in [0, 0.1) is 5.92 Å². The van der Waals surface area contributed by atoms with E-state index in [-0.39, 0.29) is 37.7 Å². The molecule has 2 atom stereocenters. The number of fused-ring (bicyclic) bond motifs is 1. The third-order valence-electron chi connectivity index (χ3n) is 7.60. The molecule has 1 aromatic carbocycles. The van der Waals surface area contributed by atoms with Crippen molar-refractivity contribution in [1.82, 2.24) is 20.4 Å². The molecule has 4 heterocycles. The Kier molecular flexibility index (Phi) is 5.95. The summed E-state index contributed by atoms with van der Waals surface area (Å²) in [5.41, 5.74) is 1.68. The molecule has 0 saturated carbocycles. The molecule has 0 radical (unpaired) electrons. The van der Waals surface area contributed by atoms with Crippen molar-refractivity contribution in [3.63, 3.8) is 0 Å². The SMILES string of the molecule is O=C1CCC(N2Cc3cc(C4CCN(CC5CCNCC5)CC4(F)F)ccc3C2=O)C(=O)N1. The number of nitrogens with zero attached hydrogens (tertiary/aromatic N) is 2. The second-order valence-corrected chi connectivity index (χ2v) is 9.85. The number of hydrogen-bond acceptors (Lipinski definition) is 5. The van der Waals surface area contributed by atoms with Crippen LogP contribution in [0.3, 0.4) is 0 Å². The number of imide groups is 1. The molecule has 3 fully saturated rings. The molecule has 0 bridgehead atoms. The van der Waals surface area contributed by atoms with Crippen LogP contribution >= 0.6 is 0 Å². The highest BCUT2D eigenvalue weighted by molar-refractivity contribution is 6.05. The molecule has 33 heavy (non-hydrogen) atoms. The van der Waals surface area contributed by atoms with Gasteiger partial charge in [-0.15, -0.1) is 0 Å². The van der Waals surface area contributed by atoms with E-state index in [4.69, 9.17) is 0 Å². The van der Waals surface area contributed by atoms with Gasteiger partial charge in [0.2, 0.25) is 11.8 Å². The van der Waals surface area contributed by atoms with Crippen molar-refractivity contribution >= 4 is 17.7 Å². The van der Waals surface area contributed by atoms with Crippen LogP contribution in [0.15, 0.2) is 18.2 Å². The lowest BCUT2D eigenvalue weighted by atomic mass is 9.84. The lowest BCUT2D eigenvalue weighted by Crippen LogP contribution is -2.52. The maximum atomic E-state index is 15.2. The zero-order valence-electron chi connectivity index (χ0n) is 18.6. The minimum atomic E-state index is -2.84. The van der Waals surface area contributed by atoms with Gasteiger partial charge in [-0.2, -0.15) is 0 Å². The van der Waals surface area contributed by atoms with Crippen LogP contribution in [-0.2, 0) is 16.1 Å². The van der Waals surface area contributed by atoms with Gasteiger partial charge in [-0.05, 0) is 68.4 Å². The second kappa shape index (κ2) is 8.76. The van der Waals surface area contributed by atoms with E-state index in [1.807, 2.05) is 4.90 Å². The second-order valence-electron chi connectivity index (χ2n) is 9.85. The molecule has 0 aromatic heterocycles. The largest absolute Gasteiger partial charge is 0.322 e. The number of likely N-dealkylation sites (tertiary alicyclic amines) is 1. The minimum absolute atomic E-state index is 0.184. The van der Waals surface area contributed by atoms with Gasteiger partial charge in [0, 0.05) is 25.1 Å². The van der Waals surface area contributed by atoms with Crippen molar-refractivity contribution in [2.75, 3.05) is 32.7 Å². The molecule has 1 aromatic rings. The number of hydrogen-bond donors (Lipinski definition) is 2. The molecule has 2 N–H and O–H groups in total. The number of alkyl halides is 2. The Morgan fingerprint density at radius 2 is 1.85 bits per heavy atom. The van der Waals surface area contributed by atoms with E-state index in [0.29, 0.717) is 35.6 Å². The summed E-state index contributed by atoms with van der Waals surface area (Å²) >= 11 is 0. The quantitative estimate of drug-likeness (QED) is 0.671. The molecule has 5 rings (SSSR count). The Morgan fingerprint density at radius 3 is 2.58 bits per heavy atom. The van der Waals surface area contributed by atoms with Gasteiger partial charge in [0.1, 0.15) is 6.04 Å². The Labute approximate surface area is 191 Å². The van der Waals surface area contributed by atoms with E-state index in [0.717, 1.165) is 32.5 Å². The van der Waals surface area contributed by atoms with Crippen LogP contribution in [-0.4, -0.2) is 72.2 Å². The minimum Gasteiger partial charge on any atom is -0.322 e. The van der Waals surface area contributed by atoms with E-state index in [1.54, 1.807) is 18.2 Å². The maximum Gasteiger partial charge on any atom is 0.267 e. The number of nitrogens with one attached hydrogen (secondary N) is 2. The van der Waals surface area contributed by atoms with Gasteiger partial charge in [0.05, 0.1) is 12.5 Å². The molecule has 9 heteroatoms. The molecule has 0 aliphatic carbocycles. The summed E-state index contributed by atoms with van der Waals surface area (Å²) in [4.78, 5) is 39.9. The van der Waals surface area contributed by atoms with Gasteiger partial charge >= 0.3 is 0 Å². The van der Waals surface area contributed by atoms with E-state index < -0.39 is 23.8 Å². The third-order valence-corrected chi connectivity index (χ3v) is 7.60. The molecule has 3 amide bonds. The van der Waals surface area contributed by atoms with Crippen LogP contribution in [0.5, 0.6) is 0 Å². The normalized spacial score (nSPS) is 28.7. The Hall–Kier alpha value is -2.39. The Balaban J connectivity index is 1.28. The molecule has 4 aliphatic heterocycles. The first-order chi connectivity index (χ1) is 15.8. The molecule has 7 nitrogen and oxygen atoms in total. The first-order valence-corrected chi connectivity index (χ1v) is 11.9. The highest BCUT2D eigenvalue weighted by Crippen LogP contribution is 2.42. The number of rotatable bonds is 4. The summed E-state index contributed by atoms with van der Waals surface area (Å²) in [7, 11) is 0. The molecule has 4 aliphatic rings. The van der Waals surface area contributed by atoms with Gasteiger partial charge in [0.15, 0.2) is 0 Å². The topological polar surface area (TPSA) is 81.8 Å². The Bertz CT molecular complexity index is 963. The molecule has 178 valence electrons. The predicted molar refractivity (Wildman–Crippen MR) is 117 cm³/mol. The van der Waals surface area contributed by atoms with Gasteiger partial charge in [0.25, 0.3) is 11.8 Å². The zero-order valence-corrected chi connectivity index (χ0v) is 18.6. The maximum absolute atomic E-state index is 15.2. The third kappa shape index (κ3) is 4.40. The van der Waals surface area contributed by atoms with Gasteiger partial charge < -0.3 is 10.2 Å². The van der Waals surface area contributed by atoms with Gasteiger partial charge in [-0.1, -0.05) is 12.1 Å². The van der Waals surface area contributed by atoms with Crippen molar-refractivity contribution in [3.8, 4) is 0 Å². The Morgan fingerprint density at radius 1 is 1.06 bits per heavy atom. The number of piperidine rings is 3. The number of carbonyl (C=O) groups is 3. The van der Waals surface area contributed by atoms with E-state index in [1.165, 1.54) is 4.90 Å². The van der Waals surface area contributed by atoms with Gasteiger partial charge in [-0.25, -0.2) is 8.78 Å². The first-order valence-electron chi connectivity index (χ1n) is 11.9. The predicted octanol–water partition coefficient (Wildman–Crippen LogP) is 1.87. The zero-order chi connectivity index (χ0) is 23.2. The van der Waals surface area contributed by atoms with Crippen LogP contribution in [0.25, 0.3) is 0 Å². The van der Waals surface area contributed by atoms with Crippen molar-refractivity contribution in [2.45, 2.75) is 56.5 Å². The highest BCUT2D eigenvalue weighted by Gasteiger charge is 2.46. The summed E-state index contributed by atoms with van der Waals surface area (Å²) in [6.45, 7) is 3.25. The van der Waals surface area contributed by atoms with E-state index >= 15 is 8.78 Å². The van der Waals surface area contributed by atoms with Crippen molar-refractivity contribution in [1.29, 1.82) is 0 Å². The van der Waals surface area contributed by atoms with Crippen LogP contribution in [0.4, 0.5) is 8.78 Å². The van der Waals surface area contributed by atoms with Crippen molar-refractivity contribution in [3.05, 3.63) is 34.9 Å². The van der Waals surface area contributed by atoms with Crippen LogP contribution < -0.4 is 10.6 Å². The fourth-order valence-electron chi connectivity index (χ4n) is 5.82. The van der Waals surface area contributed by atoms with Crippen molar-refractivity contribution in [2.24, 2.45) is 5.92 Å². The fraction of sp³-hybridized carbons (Fsp3) is 0.625. The van der Waals surface area contributed by atoms with Crippen LogP contribution in [0.1, 0.15) is 59.5 Å². The summed E-state index contributed by atoms with van der Waals surface area (Å²) in [6.07, 6.45) is 2.92. The van der Waals surface area contributed by atoms with Crippen molar-refractivity contribution < 1.29 is 23.2 Å². The number of amides is 3. The van der Waals surface area contributed by atoms with Crippen LogP contribution in [0.2, 0.25) is 0 Å². The van der Waals surface area contributed by atoms with E-state index in [9.17, 15) is 14.4 Å². The number of benzene rings is 1. The van der Waals surface area contributed by atoms with Gasteiger partial charge in [-0.3, -0.25) is 24.6 Å². The molecule has 3 saturated heterocycles. The molecular weight excluding hydrogens is 430 g/mol. The molecular formula is C24H30F2N4O3. The summed E-state index contributed by atoms with van der Waals surface area (Å²) in [5, 5.41) is 5.60. The standard InChI is InChI=1S/C24H30F2N4O3/c25-24(26)14-29(12-15-5-8-27-9-6-15)10-7-19(24)16-1-2-18-17(11-16)13-30(23(18)33)20-3-4-21(31)28-22(20)32/h1-2,11,15,19-20,27H,3-10,12-14H2,(H,28,31,32). The lowest BCUT2D eigenvalue weighted by molar-refractivity contribution is -0.136. The molecule has 2 unspecified atom stereocenters. The average molecular weight is 461 g/mol. The first kappa shape index (κ1) is 22.4. The van der Waals surface area contributed by atoms with E-state index in [2.05, 4.69) is 10.6 Å². The summed E-state index contributed by atoms with van der Waals surface area (Å²) in [5.74, 6) is -4.34. The fourth-order valence-corrected chi connectivity index (χ4v) is 5.82. The number of carbonyl (C=O) groups excluding carboxylic acids is 3. The highest BCUT2D eigenvalue weighted by atomic mass is 19.3. The smallest absolute Gasteiger partial charge is 0.267 e. The molecule has 0 spiro atoms. The average Bonchev–Trinajstić information content (AvgIpc) is 3.09. The number of halogens is 2. The monoisotopic (exact) mass is 460 g/mol. The lowest BCUT2D eigenvalue weighted by Gasteiger charge is -2.40. The summed E-state index contributed by atoms with van der Waals surface area (Å²) < 4.78 is 30.5. The summed E-state index contributed by atoms with van der Waals surface area (Å²) in [6, 6.07) is 4.29.